The molecular weight excluding hydrogens is 388 g/mol. The molecule has 0 radical (unpaired) electrons. The highest BCUT2D eigenvalue weighted by Gasteiger charge is 2.28. The molecule has 4 rings (SSSR count). The van der Waals surface area contributed by atoms with Gasteiger partial charge < -0.3 is 4.74 Å². The van der Waals surface area contributed by atoms with Crippen LogP contribution in [0.1, 0.15) is 47.3 Å². The fourth-order valence-corrected chi connectivity index (χ4v) is 4.55. The van der Waals surface area contributed by atoms with E-state index in [-0.39, 0.29) is 11.4 Å². The first kappa shape index (κ1) is 20.2. The molecule has 1 aliphatic rings. The number of allylic oxidation sites excluding steroid dienone is 1. The quantitative estimate of drug-likeness (QED) is 0.324. The Morgan fingerprint density at radius 2 is 1.67 bits per heavy atom. The second kappa shape index (κ2) is 8.76. The van der Waals surface area contributed by atoms with Gasteiger partial charge in [0.05, 0.1) is 11.8 Å². The fraction of sp³-hybridized carbons (Fsp3) is 0.148. The third-order valence-corrected chi connectivity index (χ3v) is 6.37. The Labute approximate surface area is 182 Å². The van der Waals surface area contributed by atoms with Crippen molar-refractivity contribution in [1.29, 1.82) is 0 Å². The number of benzene rings is 3. The van der Waals surface area contributed by atoms with Crippen LogP contribution in [0.15, 0.2) is 96.1 Å². The van der Waals surface area contributed by atoms with E-state index in [4.69, 9.17) is 4.74 Å². The topological polar surface area (TPSA) is 26.3 Å². The number of thioether (sulfide) groups is 1. The smallest absolute Gasteiger partial charge is 0.342 e. The standard InChI is InChI=1S/C27H24O2S/c1-27(2)17-15-25(30-22-11-7-4-8-12-22)23-19-20(13-14-24(23)27)16-18-29-26(28)21-9-5-3-6-10-21/h3-16,18-19H,17H2,1-2H3/b18-16+. The predicted molar refractivity (Wildman–Crippen MR) is 125 cm³/mol. The summed E-state index contributed by atoms with van der Waals surface area (Å²) in [7, 11) is 0. The van der Waals surface area contributed by atoms with Gasteiger partial charge in [-0.3, -0.25) is 0 Å². The minimum absolute atomic E-state index is 0.0953. The van der Waals surface area contributed by atoms with E-state index in [1.807, 2.05) is 30.3 Å². The Balaban J connectivity index is 1.56. The van der Waals surface area contributed by atoms with Gasteiger partial charge in [-0.05, 0) is 64.9 Å². The fourth-order valence-electron chi connectivity index (χ4n) is 3.56. The van der Waals surface area contributed by atoms with Crippen molar-refractivity contribution in [3.63, 3.8) is 0 Å². The third-order valence-electron chi connectivity index (χ3n) is 5.25. The summed E-state index contributed by atoms with van der Waals surface area (Å²) in [5.41, 5.74) is 4.24. The van der Waals surface area contributed by atoms with Gasteiger partial charge in [0, 0.05) is 9.80 Å². The monoisotopic (exact) mass is 412 g/mol. The number of rotatable bonds is 5. The second-order valence-corrected chi connectivity index (χ2v) is 9.07. The summed E-state index contributed by atoms with van der Waals surface area (Å²) in [4.78, 5) is 14.6. The Morgan fingerprint density at radius 1 is 0.967 bits per heavy atom. The molecule has 0 unspecified atom stereocenters. The highest BCUT2D eigenvalue weighted by Crippen LogP contribution is 2.45. The molecule has 0 amide bonds. The molecule has 3 aromatic carbocycles. The van der Waals surface area contributed by atoms with Crippen LogP contribution in [0.4, 0.5) is 0 Å². The minimum atomic E-state index is -0.355. The lowest BCUT2D eigenvalue weighted by Gasteiger charge is -2.32. The molecule has 1 aliphatic carbocycles. The van der Waals surface area contributed by atoms with Gasteiger partial charge in [0.15, 0.2) is 0 Å². The van der Waals surface area contributed by atoms with Crippen LogP contribution in [-0.4, -0.2) is 5.97 Å². The normalized spacial score (nSPS) is 14.8. The van der Waals surface area contributed by atoms with Gasteiger partial charge in [0.2, 0.25) is 0 Å². The molecule has 0 bridgehead atoms. The summed E-state index contributed by atoms with van der Waals surface area (Å²) in [5.74, 6) is -0.355. The predicted octanol–water partition coefficient (Wildman–Crippen LogP) is 7.33. The largest absolute Gasteiger partial charge is 0.431 e. The van der Waals surface area contributed by atoms with Crippen molar-refractivity contribution in [1.82, 2.24) is 0 Å². The number of hydrogen-bond acceptors (Lipinski definition) is 3. The van der Waals surface area contributed by atoms with Gasteiger partial charge in [-0.2, -0.15) is 0 Å². The van der Waals surface area contributed by atoms with Gasteiger partial charge in [-0.1, -0.05) is 80.2 Å². The lowest BCUT2D eigenvalue weighted by Crippen LogP contribution is -2.21. The van der Waals surface area contributed by atoms with E-state index in [1.54, 1.807) is 23.9 Å². The lowest BCUT2D eigenvalue weighted by molar-refractivity contribution is 0.0665. The van der Waals surface area contributed by atoms with Gasteiger partial charge in [-0.15, -0.1) is 0 Å². The molecule has 150 valence electrons. The van der Waals surface area contributed by atoms with Gasteiger partial charge in [0.1, 0.15) is 0 Å². The highest BCUT2D eigenvalue weighted by molar-refractivity contribution is 8.08. The molecule has 0 atom stereocenters. The summed E-state index contributed by atoms with van der Waals surface area (Å²) < 4.78 is 5.30. The van der Waals surface area contributed by atoms with Crippen LogP contribution in [-0.2, 0) is 10.2 Å². The van der Waals surface area contributed by atoms with E-state index < -0.39 is 0 Å². The summed E-state index contributed by atoms with van der Waals surface area (Å²) >= 11 is 1.79. The summed E-state index contributed by atoms with van der Waals surface area (Å²) in [6.07, 6.45) is 6.66. The van der Waals surface area contributed by atoms with Crippen LogP contribution in [0, 0.1) is 0 Å². The van der Waals surface area contributed by atoms with E-state index in [1.165, 1.54) is 27.2 Å². The number of hydrogen-bond donors (Lipinski definition) is 0. The van der Waals surface area contributed by atoms with E-state index >= 15 is 0 Å². The van der Waals surface area contributed by atoms with Gasteiger partial charge in [-0.25, -0.2) is 4.79 Å². The molecule has 0 saturated carbocycles. The maximum absolute atomic E-state index is 12.1. The lowest BCUT2D eigenvalue weighted by atomic mass is 9.75. The first-order valence-corrected chi connectivity index (χ1v) is 10.9. The molecule has 0 N–H and O–H groups in total. The molecule has 30 heavy (non-hydrogen) atoms. The van der Waals surface area contributed by atoms with Crippen molar-refractivity contribution in [2.24, 2.45) is 0 Å². The molecule has 0 spiro atoms. The second-order valence-electron chi connectivity index (χ2n) is 7.95. The SMILES string of the molecule is CC1(C)CC=C(Sc2ccccc2)c2cc(/C=C/OC(=O)c3ccccc3)ccc21. The van der Waals surface area contributed by atoms with Crippen LogP contribution in [0.5, 0.6) is 0 Å². The molecule has 2 nitrogen and oxygen atoms in total. The zero-order valence-corrected chi connectivity index (χ0v) is 18.0. The van der Waals surface area contributed by atoms with Crippen molar-refractivity contribution in [3.8, 4) is 0 Å². The first-order chi connectivity index (χ1) is 14.5. The molecule has 3 heteroatoms. The summed E-state index contributed by atoms with van der Waals surface area (Å²) in [6.45, 7) is 4.56. The molecule has 0 heterocycles. The van der Waals surface area contributed by atoms with Crippen LogP contribution >= 0.6 is 11.8 Å². The molecule has 0 fully saturated rings. The van der Waals surface area contributed by atoms with Crippen LogP contribution in [0.2, 0.25) is 0 Å². The zero-order valence-electron chi connectivity index (χ0n) is 17.2. The molecular formula is C27H24O2S. The van der Waals surface area contributed by atoms with E-state index in [0.717, 1.165) is 12.0 Å². The number of fused-ring (bicyclic) bond motifs is 1. The van der Waals surface area contributed by atoms with Crippen LogP contribution < -0.4 is 0 Å². The Hall–Kier alpha value is -3.04. The van der Waals surface area contributed by atoms with Crippen LogP contribution in [0.3, 0.4) is 0 Å². The van der Waals surface area contributed by atoms with Crippen LogP contribution in [0.25, 0.3) is 11.0 Å². The molecule has 0 saturated heterocycles. The van der Waals surface area contributed by atoms with Crippen molar-refractivity contribution < 1.29 is 9.53 Å². The maximum atomic E-state index is 12.1. The first-order valence-electron chi connectivity index (χ1n) is 10.0. The Morgan fingerprint density at radius 3 is 2.40 bits per heavy atom. The van der Waals surface area contributed by atoms with Gasteiger partial charge >= 0.3 is 5.97 Å². The van der Waals surface area contributed by atoms with Crippen molar-refractivity contribution in [2.45, 2.75) is 30.6 Å². The van der Waals surface area contributed by atoms with Crippen molar-refractivity contribution >= 4 is 28.7 Å². The van der Waals surface area contributed by atoms with Crippen molar-refractivity contribution in [2.75, 3.05) is 0 Å². The minimum Gasteiger partial charge on any atom is -0.431 e. The average Bonchev–Trinajstić information content (AvgIpc) is 2.77. The number of carbonyl (C=O) groups excluding carboxylic acids is 1. The van der Waals surface area contributed by atoms with Crippen molar-refractivity contribution in [3.05, 3.63) is 113 Å². The number of ether oxygens (including phenoxy) is 1. The van der Waals surface area contributed by atoms with Gasteiger partial charge in [0.25, 0.3) is 0 Å². The molecule has 3 aromatic rings. The Kier molecular flexibility index (Phi) is 5.91. The zero-order chi connectivity index (χ0) is 21.0. The van der Waals surface area contributed by atoms with E-state index in [0.29, 0.717) is 5.56 Å². The number of esters is 1. The maximum Gasteiger partial charge on any atom is 0.342 e. The highest BCUT2D eigenvalue weighted by atomic mass is 32.2. The molecule has 0 aromatic heterocycles. The van der Waals surface area contributed by atoms with E-state index in [2.05, 4.69) is 62.4 Å². The Bertz CT molecular complexity index is 1100. The number of carbonyl (C=O) groups is 1. The third kappa shape index (κ3) is 4.58. The molecule has 0 aliphatic heterocycles. The van der Waals surface area contributed by atoms with E-state index in [9.17, 15) is 4.79 Å². The average molecular weight is 413 g/mol. The summed E-state index contributed by atoms with van der Waals surface area (Å²) in [5, 5.41) is 0. The summed E-state index contributed by atoms with van der Waals surface area (Å²) in [6, 6.07) is 25.9.